The molecule has 1 unspecified atom stereocenters. The molecule has 1 fully saturated rings. The minimum Gasteiger partial charge on any atom is -0.507 e. The lowest BCUT2D eigenvalue weighted by Gasteiger charge is -2.27. The number of aliphatic hydroxyl groups is 1. The van der Waals surface area contributed by atoms with Crippen LogP contribution in [0.1, 0.15) is 31.0 Å². The quantitative estimate of drug-likeness (QED) is 0.276. The topological polar surface area (TPSA) is 97.8 Å². The predicted octanol–water partition coefficient (Wildman–Crippen LogP) is 3.73. The summed E-state index contributed by atoms with van der Waals surface area (Å²) in [4.78, 5) is 29.9. The molecule has 9 heteroatoms. The SMILES string of the molecule is COc1cc(C2/C(=C(\O)c3ccc(OCC(C)C)cc3)C(=O)C(=O)N2CCN(C)C)cc(OC)c1OC. The first-order valence-electron chi connectivity index (χ1n) is 12.1. The van der Waals surface area contributed by atoms with Crippen LogP contribution in [0.4, 0.5) is 0 Å². The molecule has 0 aliphatic carbocycles. The summed E-state index contributed by atoms with van der Waals surface area (Å²) in [5.74, 6) is 0.455. The van der Waals surface area contributed by atoms with Crippen molar-refractivity contribution in [2.45, 2.75) is 19.9 Å². The van der Waals surface area contributed by atoms with E-state index >= 15 is 0 Å². The lowest BCUT2D eigenvalue weighted by molar-refractivity contribution is -0.140. The van der Waals surface area contributed by atoms with Crippen LogP contribution in [-0.2, 0) is 9.59 Å². The van der Waals surface area contributed by atoms with E-state index in [1.807, 2.05) is 19.0 Å². The summed E-state index contributed by atoms with van der Waals surface area (Å²) in [5, 5.41) is 11.3. The van der Waals surface area contributed by atoms with Crippen molar-refractivity contribution in [1.29, 1.82) is 0 Å². The van der Waals surface area contributed by atoms with Gasteiger partial charge in [-0.1, -0.05) is 13.8 Å². The molecule has 0 saturated carbocycles. The number of ether oxygens (including phenoxy) is 4. The molecule has 1 aliphatic heterocycles. The van der Waals surface area contributed by atoms with Crippen LogP contribution in [0.3, 0.4) is 0 Å². The van der Waals surface area contributed by atoms with Crippen LogP contribution in [0, 0.1) is 5.92 Å². The van der Waals surface area contributed by atoms with Crippen LogP contribution in [-0.4, -0.2) is 81.7 Å². The number of methoxy groups -OCH3 is 3. The Hall–Kier alpha value is -3.72. The van der Waals surface area contributed by atoms with Crippen LogP contribution in [0.5, 0.6) is 23.0 Å². The molecule has 1 atom stereocenters. The molecule has 3 rings (SSSR count). The number of likely N-dealkylation sites (N-methyl/N-ethyl adjacent to an activating group) is 1. The van der Waals surface area contributed by atoms with Gasteiger partial charge >= 0.3 is 0 Å². The van der Waals surface area contributed by atoms with Crippen LogP contribution < -0.4 is 18.9 Å². The van der Waals surface area contributed by atoms with E-state index in [1.165, 1.54) is 26.2 Å². The maximum Gasteiger partial charge on any atom is 0.295 e. The van der Waals surface area contributed by atoms with Gasteiger partial charge in [-0.3, -0.25) is 9.59 Å². The minimum atomic E-state index is -0.856. The average Bonchev–Trinajstić information content (AvgIpc) is 3.14. The number of carbonyl (C=O) groups is 2. The summed E-state index contributed by atoms with van der Waals surface area (Å²) >= 11 is 0. The summed E-state index contributed by atoms with van der Waals surface area (Å²) in [6.45, 7) is 5.47. The fourth-order valence-electron chi connectivity index (χ4n) is 4.15. The first kappa shape index (κ1) is 27.9. The highest BCUT2D eigenvalue weighted by Crippen LogP contribution is 2.45. The lowest BCUT2D eigenvalue weighted by Crippen LogP contribution is -2.35. The lowest BCUT2D eigenvalue weighted by atomic mass is 9.94. The van der Waals surface area contributed by atoms with Gasteiger partial charge < -0.3 is 33.9 Å². The number of Topliss-reactive ketones (excluding diaryl/α,β-unsaturated/α-hetero) is 1. The Bertz CT molecular complexity index is 1130. The molecule has 9 nitrogen and oxygen atoms in total. The number of aliphatic hydroxyl groups excluding tert-OH is 1. The van der Waals surface area contributed by atoms with Gasteiger partial charge in [0.15, 0.2) is 11.5 Å². The van der Waals surface area contributed by atoms with Gasteiger partial charge in [-0.15, -0.1) is 0 Å². The molecular weight excluding hydrogens is 476 g/mol. The molecule has 1 heterocycles. The van der Waals surface area contributed by atoms with E-state index < -0.39 is 17.7 Å². The summed E-state index contributed by atoms with van der Waals surface area (Å²) in [6, 6.07) is 9.33. The zero-order valence-corrected chi connectivity index (χ0v) is 22.5. The van der Waals surface area contributed by atoms with Crippen molar-refractivity contribution in [3.8, 4) is 23.0 Å². The number of rotatable bonds is 11. The largest absolute Gasteiger partial charge is 0.507 e. The van der Waals surface area contributed by atoms with Crippen LogP contribution in [0.25, 0.3) is 5.76 Å². The molecule has 1 saturated heterocycles. The number of ketones is 1. The Balaban J connectivity index is 2.15. The van der Waals surface area contributed by atoms with Crippen molar-refractivity contribution in [3.63, 3.8) is 0 Å². The number of benzene rings is 2. The van der Waals surface area contributed by atoms with Crippen LogP contribution in [0.15, 0.2) is 42.0 Å². The summed E-state index contributed by atoms with van der Waals surface area (Å²) < 4.78 is 22.2. The van der Waals surface area contributed by atoms with Crippen LogP contribution in [0.2, 0.25) is 0 Å². The van der Waals surface area contributed by atoms with Crippen molar-refractivity contribution in [3.05, 3.63) is 53.1 Å². The summed E-state index contributed by atoms with van der Waals surface area (Å²) in [7, 11) is 8.25. The molecule has 1 amide bonds. The summed E-state index contributed by atoms with van der Waals surface area (Å²) in [5.41, 5.74) is 0.944. The van der Waals surface area contributed by atoms with E-state index in [9.17, 15) is 14.7 Å². The smallest absolute Gasteiger partial charge is 0.295 e. The second-order valence-electron chi connectivity index (χ2n) is 9.48. The first-order valence-corrected chi connectivity index (χ1v) is 12.1. The molecule has 0 aromatic heterocycles. The molecule has 2 aromatic rings. The van der Waals surface area contributed by atoms with Crippen molar-refractivity contribution in [1.82, 2.24) is 9.80 Å². The number of likely N-dealkylation sites (tertiary alicyclic amines) is 1. The number of carbonyl (C=O) groups excluding carboxylic acids is 2. The Kier molecular flexibility index (Phi) is 9.04. The third-order valence-electron chi connectivity index (χ3n) is 6.04. The van der Waals surface area contributed by atoms with Crippen LogP contribution >= 0.6 is 0 Å². The highest BCUT2D eigenvalue weighted by molar-refractivity contribution is 6.46. The second kappa shape index (κ2) is 12.0. The van der Waals surface area contributed by atoms with Gasteiger partial charge in [0.1, 0.15) is 11.5 Å². The Morgan fingerprint density at radius 2 is 1.59 bits per heavy atom. The molecule has 0 bridgehead atoms. The number of nitrogens with zero attached hydrogens (tertiary/aromatic N) is 2. The Morgan fingerprint density at radius 3 is 2.08 bits per heavy atom. The van der Waals surface area contributed by atoms with Gasteiger partial charge in [0.2, 0.25) is 5.75 Å². The van der Waals surface area contributed by atoms with E-state index in [0.29, 0.717) is 53.2 Å². The van der Waals surface area contributed by atoms with Crippen molar-refractivity contribution in [2.24, 2.45) is 5.92 Å². The maximum atomic E-state index is 13.3. The van der Waals surface area contributed by atoms with Gasteiger partial charge in [-0.25, -0.2) is 0 Å². The third kappa shape index (κ3) is 5.99. The highest BCUT2D eigenvalue weighted by Gasteiger charge is 2.46. The second-order valence-corrected chi connectivity index (χ2v) is 9.48. The van der Waals surface area contributed by atoms with Gasteiger partial charge in [0.05, 0.1) is 39.6 Å². The maximum absolute atomic E-state index is 13.3. The van der Waals surface area contributed by atoms with E-state index in [0.717, 1.165) is 0 Å². The first-order chi connectivity index (χ1) is 17.6. The Morgan fingerprint density at radius 1 is 1.00 bits per heavy atom. The summed E-state index contributed by atoms with van der Waals surface area (Å²) in [6.07, 6.45) is 0. The fraction of sp³-hybridized carbons (Fsp3) is 0.429. The number of amides is 1. The molecule has 0 spiro atoms. The van der Waals surface area contributed by atoms with Crippen molar-refractivity contribution >= 4 is 17.4 Å². The van der Waals surface area contributed by atoms with E-state index in [-0.39, 0.29) is 17.9 Å². The fourth-order valence-corrected chi connectivity index (χ4v) is 4.15. The molecule has 1 aliphatic rings. The average molecular weight is 513 g/mol. The zero-order valence-electron chi connectivity index (χ0n) is 22.5. The molecule has 200 valence electrons. The minimum absolute atomic E-state index is 0.00567. The molecule has 2 aromatic carbocycles. The third-order valence-corrected chi connectivity index (χ3v) is 6.04. The normalized spacial score (nSPS) is 17.0. The highest BCUT2D eigenvalue weighted by atomic mass is 16.5. The molecule has 1 N–H and O–H groups in total. The van der Waals surface area contributed by atoms with Gasteiger partial charge in [0.25, 0.3) is 11.7 Å². The number of hydrogen-bond donors (Lipinski definition) is 1. The van der Waals surface area contributed by atoms with Crippen molar-refractivity contribution in [2.75, 3.05) is 55.1 Å². The molecule has 37 heavy (non-hydrogen) atoms. The van der Waals surface area contributed by atoms with Gasteiger partial charge in [0, 0.05) is 18.7 Å². The van der Waals surface area contributed by atoms with E-state index in [4.69, 9.17) is 18.9 Å². The monoisotopic (exact) mass is 512 g/mol. The van der Waals surface area contributed by atoms with E-state index in [1.54, 1.807) is 36.4 Å². The molecule has 0 radical (unpaired) electrons. The standard InChI is InChI=1S/C28H36N2O7/c1-17(2)16-37-20-10-8-18(9-11-20)25(31)23-24(30(13-12-29(3)4)28(33)26(23)32)19-14-21(34-5)27(36-7)22(15-19)35-6/h8-11,14-15,17,24,31H,12-13,16H2,1-7H3/b25-23+. The Labute approximate surface area is 218 Å². The molecular formula is C28H36N2O7. The van der Waals surface area contributed by atoms with Gasteiger partial charge in [-0.2, -0.15) is 0 Å². The number of hydrogen-bond acceptors (Lipinski definition) is 8. The zero-order chi connectivity index (χ0) is 27.3. The predicted molar refractivity (Wildman–Crippen MR) is 140 cm³/mol. The van der Waals surface area contributed by atoms with Gasteiger partial charge in [-0.05, 0) is 62.0 Å². The van der Waals surface area contributed by atoms with E-state index in [2.05, 4.69) is 13.8 Å². The van der Waals surface area contributed by atoms with Crippen molar-refractivity contribution < 1.29 is 33.6 Å².